The van der Waals surface area contributed by atoms with Gasteiger partial charge < -0.3 is 15.8 Å². The number of rotatable bonds is 5. The quantitative estimate of drug-likeness (QED) is 0.855. The molecule has 1 aliphatic carbocycles. The number of hydrogen-bond donors (Lipinski definition) is 2. The van der Waals surface area contributed by atoms with Gasteiger partial charge in [0.1, 0.15) is 5.82 Å². The van der Waals surface area contributed by atoms with E-state index in [1.54, 1.807) is 0 Å². The molecule has 1 heterocycles. The Labute approximate surface area is 115 Å². The molecule has 2 rings (SSSR count). The van der Waals surface area contributed by atoms with E-state index in [0.717, 1.165) is 18.2 Å². The average Bonchev–Trinajstić information content (AvgIpc) is 2.71. The number of nitrogens with zero attached hydrogens (tertiary/aromatic N) is 1. The van der Waals surface area contributed by atoms with Crippen molar-refractivity contribution in [1.29, 1.82) is 0 Å². The number of nitrogens with one attached hydrogen (secondary N) is 1. The van der Waals surface area contributed by atoms with Gasteiger partial charge in [0.25, 0.3) is 0 Å². The number of nitrogens with two attached hydrogens (primary N) is 1. The van der Waals surface area contributed by atoms with Gasteiger partial charge in [-0.25, -0.2) is 0 Å². The van der Waals surface area contributed by atoms with E-state index < -0.39 is 0 Å². The fourth-order valence-corrected chi connectivity index (χ4v) is 2.60. The van der Waals surface area contributed by atoms with Gasteiger partial charge in [-0.2, -0.15) is 4.98 Å². The van der Waals surface area contributed by atoms with E-state index in [1.165, 1.54) is 12.8 Å². The minimum atomic E-state index is 0.505. The lowest BCUT2D eigenvalue weighted by molar-refractivity contribution is 0.307. The van der Waals surface area contributed by atoms with Gasteiger partial charge in [-0.15, -0.1) is 0 Å². The summed E-state index contributed by atoms with van der Waals surface area (Å²) in [6.07, 6.45) is 3.45. The van der Waals surface area contributed by atoms with Gasteiger partial charge in [0.2, 0.25) is 5.88 Å². The van der Waals surface area contributed by atoms with E-state index in [-0.39, 0.29) is 0 Å². The molecule has 0 radical (unpaired) electrons. The lowest BCUT2D eigenvalue weighted by atomic mass is 9.98. The first-order chi connectivity index (χ1) is 9.11. The van der Waals surface area contributed by atoms with Crippen LogP contribution in [0, 0.1) is 11.8 Å². The Balaban J connectivity index is 2.04. The largest absolute Gasteiger partial charge is 0.476 e. The maximum absolute atomic E-state index is 5.87. The van der Waals surface area contributed by atoms with Crippen LogP contribution in [0.3, 0.4) is 0 Å². The van der Waals surface area contributed by atoms with E-state index in [2.05, 4.69) is 31.1 Å². The van der Waals surface area contributed by atoms with E-state index in [9.17, 15) is 0 Å². The van der Waals surface area contributed by atoms with Crippen LogP contribution in [-0.2, 0) is 0 Å². The summed E-state index contributed by atoms with van der Waals surface area (Å²) < 4.78 is 5.56. The maximum atomic E-state index is 5.87. The molecule has 0 amide bonds. The summed E-state index contributed by atoms with van der Waals surface area (Å²) in [5.74, 6) is 2.87. The lowest BCUT2D eigenvalue weighted by Crippen LogP contribution is -2.24. The van der Waals surface area contributed by atoms with Crippen molar-refractivity contribution in [3.63, 3.8) is 0 Å². The fraction of sp³-hybridized carbons (Fsp3) is 0.667. The maximum Gasteiger partial charge on any atom is 0.239 e. The Morgan fingerprint density at radius 3 is 2.79 bits per heavy atom. The summed E-state index contributed by atoms with van der Waals surface area (Å²) in [5.41, 5.74) is 6.48. The van der Waals surface area contributed by atoms with E-state index in [1.807, 2.05) is 12.1 Å². The molecule has 0 aromatic carbocycles. The van der Waals surface area contributed by atoms with E-state index >= 15 is 0 Å². The fourth-order valence-electron chi connectivity index (χ4n) is 2.60. The van der Waals surface area contributed by atoms with Crippen molar-refractivity contribution in [3.8, 4) is 5.88 Å². The van der Waals surface area contributed by atoms with Crippen molar-refractivity contribution >= 4 is 11.5 Å². The Kier molecular flexibility index (Phi) is 4.51. The van der Waals surface area contributed by atoms with Gasteiger partial charge in [0, 0.05) is 6.04 Å². The third-order valence-electron chi connectivity index (χ3n) is 4.13. The van der Waals surface area contributed by atoms with Crippen LogP contribution in [0.5, 0.6) is 5.88 Å². The van der Waals surface area contributed by atoms with Crippen LogP contribution in [-0.4, -0.2) is 17.6 Å². The molecule has 3 N–H and O–H groups in total. The molecular weight excluding hydrogens is 238 g/mol. The highest BCUT2D eigenvalue weighted by Gasteiger charge is 2.29. The summed E-state index contributed by atoms with van der Waals surface area (Å²) in [6, 6.07) is 4.30. The third-order valence-corrected chi connectivity index (χ3v) is 4.13. The van der Waals surface area contributed by atoms with E-state index in [4.69, 9.17) is 10.5 Å². The topological polar surface area (TPSA) is 60.2 Å². The molecule has 1 aliphatic rings. The van der Waals surface area contributed by atoms with Crippen LogP contribution in [0.2, 0.25) is 0 Å². The number of ether oxygens (including phenoxy) is 1. The molecule has 19 heavy (non-hydrogen) atoms. The molecule has 0 saturated heterocycles. The van der Waals surface area contributed by atoms with Gasteiger partial charge in [0.15, 0.2) is 0 Å². The molecule has 4 heteroatoms. The van der Waals surface area contributed by atoms with Crippen molar-refractivity contribution in [2.24, 2.45) is 11.8 Å². The van der Waals surface area contributed by atoms with Crippen molar-refractivity contribution in [2.45, 2.75) is 46.1 Å². The summed E-state index contributed by atoms with van der Waals surface area (Å²) >= 11 is 0. The molecule has 0 spiro atoms. The summed E-state index contributed by atoms with van der Waals surface area (Å²) in [7, 11) is 0. The second-order valence-electron chi connectivity index (χ2n) is 5.60. The first kappa shape index (κ1) is 14.0. The zero-order valence-electron chi connectivity index (χ0n) is 12.1. The zero-order chi connectivity index (χ0) is 13.8. The van der Waals surface area contributed by atoms with Gasteiger partial charge in [0.05, 0.1) is 12.3 Å². The minimum absolute atomic E-state index is 0.505. The molecule has 3 atom stereocenters. The Morgan fingerprint density at radius 2 is 2.16 bits per heavy atom. The molecule has 4 nitrogen and oxygen atoms in total. The van der Waals surface area contributed by atoms with E-state index in [0.29, 0.717) is 30.1 Å². The van der Waals surface area contributed by atoms with Crippen molar-refractivity contribution < 1.29 is 4.74 Å². The van der Waals surface area contributed by atoms with Crippen LogP contribution in [0.25, 0.3) is 0 Å². The SMILES string of the molecule is CCCOc1nc(NC2CCC(C)C2C)ccc1N. The first-order valence-corrected chi connectivity index (χ1v) is 7.27. The highest BCUT2D eigenvalue weighted by Crippen LogP contribution is 2.33. The lowest BCUT2D eigenvalue weighted by Gasteiger charge is -2.20. The summed E-state index contributed by atoms with van der Waals surface area (Å²) in [4.78, 5) is 4.47. The molecule has 1 saturated carbocycles. The Morgan fingerprint density at radius 1 is 1.37 bits per heavy atom. The number of hydrogen-bond acceptors (Lipinski definition) is 4. The van der Waals surface area contributed by atoms with Gasteiger partial charge in [-0.3, -0.25) is 0 Å². The molecule has 0 aliphatic heterocycles. The van der Waals surface area contributed by atoms with Crippen molar-refractivity contribution in [1.82, 2.24) is 4.98 Å². The smallest absolute Gasteiger partial charge is 0.239 e. The predicted molar refractivity (Wildman–Crippen MR) is 79.4 cm³/mol. The molecule has 1 aromatic rings. The van der Waals surface area contributed by atoms with Crippen molar-refractivity contribution in [3.05, 3.63) is 12.1 Å². The summed E-state index contributed by atoms with van der Waals surface area (Å²) in [5, 5.41) is 3.52. The molecule has 1 aromatic heterocycles. The molecular formula is C15H25N3O. The number of anilines is 2. The highest BCUT2D eigenvalue weighted by molar-refractivity contribution is 5.54. The third kappa shape index (κ3) is 3.31. The standard InChI is InChI=1S/C15H25N3O/c1-4-9-19-15-12(16)6-8-14(18-15)17-13-7-5-10(2)11(13)3/h6,8,10-11,13H,4-5,7,9,16H2,1-3H3,(H,17,18). The Bertz CT molecular complexity index is 422. The van der Waals surface area contributed by atoms with Crippen molar-refractivity contribution in [2.75, 3.05) is 17.7 Å². The monoisotopic (exact) mass is 263 g/mol. The second kappa shape index (κ2) is 6.13. The van der Waals surface area contributed by atoms with Crippen LogP contribution in [0.1, 0.15) is 40.0 Å². The molecule has 106 valence electrons. The number of nitrogen functional groups attached to an aromatic ring is 1. The summed E-state index contributed by atoms with van der Waals surface area (Å²) in [6.45, 7) is 7.34. The molecule has 1 fully saturated rings. The highest BCUT2D eigenvalue weighted by atomic mass is 16.5. The van der Waals surface area contributed by atoms with Crippen LogP contribution < -0.4 is 15.8 Å². The normalized spacial score (nSPS) is 26.4. The number of aromatic nitrogens is 1. The predicted octanol–water partition coefficient (Wildman–Crippen LogP) is 3.30. The Hall–Kier alpha value is -1.45. The van der Waals surface area contributed by atoms with Crippen LogP contribution in [0.4, 0.5) is 11.5 Å². The minimum Gasteiger partial charge on any atom is -0.476 e. The molecule has 3 unspecified atom stereocenters. The molecule has 0 bridgehead atoms. The average molecular weight is 263 g/mol. The van der Waals surface area contributed by atoms with Gasteiger partial charge >= 0.3 is 0 Å². The van der Waals surface area contributed by atoms with Gasteiger partial charge in [-0.1, -0.05) is 20.8 Å². The number of pyridine rings is 1. The second-order valence-corrected chi connectivity index (χ2v) is 5.60. The van der Waals surface area contributed by atoms with Crippen LogP contribution in [0.15, 0.2) is 12.1 Å². The van der Waals surface area contributed by atoms with Gasteiger partial charge in [-0.05, 0) is 43.2 Å². The zero-order valence-corrected chi connectivity index (χ0v) is 12.1. The first-order valence-electron chi connectivity index (χ1n) is 7.27. The van der Waals surface area contributed by atoms with Crippen LogP contribution >= 0.6 is 0 Å².